The van der Waals surface area contributed by atoms with E-state index < -0.39 is 26.8 Å². The number of rotatable bonds is 4. The molecule has 0 saturated carbocycles. The number of carbonyl (C=O) groups excluding carboxylic acids is 1. The van der Waals surface area contributed by atoms with E-state index in [9.17, 15) is 13.2 Å². The van der Waals surface area contributed by atoms with Crippen molar-refractivity contribution < 1.29 is 22.5 Å². The summed E-state index contributed by atoms with van der Waals surface area (Å²) in [6.45, 7) is 7.26. The molecule has 8 nitrogen and oxygen atoms in total. The minimum absolute atomic E-state index is 0.154. The first kappa shape index (κ1) is 19.7. The van der Waals surface area contributed by atoms with Crippen LogP contribution in [0.2, 0.25) is 0 Å². The van der Waals surface area contributed by atoms with Gasteiger partial charge in [0.2, 0.25) is 5.89 Å². The second-order valence-electron chi connectivity index (χ2n) is 7.54. The first-order chi connectivity index (χ1) is 11.5. The van der Waals surface area contributed by atoms with Gasteiger partial charge >= 0.3 is 6.09 Å². The van der Waals surface area contributed by atoms with Gasteiger partial charge in [-0.2, -0.15) is 4.98 Å². The molecule has 1 aromatic rings. The van der Waals surface area contributed by atoms with Gasteiger partial charge in [0.15, 0.2) is 15.7 Å². The standard InChI is InChI=1S/C16H27N3O5S/c1-11(19(5)15(20)23-16(2,3)4)10-13-17-14(24-18-13)12-8-6-7-9-25(12,21)22/h11-12H,6-10H2,1-5H3/t11-,12-/m1/s1. The van der Waals surface area contributed by atoms with Gasteiger partial charge in [-0.15, -0.1) is 0 Å². The molecule has 1 aromatic heterocycles. The third-order valence-corrected chi connectivity index (χ3v) is 6.32. The van der Waals surface area contributed by atoms with Crippen molar-refractivity contribution in [2.45, 2.75) is 70.3 Å². The van der Waals surface area contributed by atoms with Crippen LogP contribution >= 0.6 is 0 Å². The van der Waals surface area contributed by atoms with Crippen molar-refractivity contribution in [3.63, 3.8) is 0 Å². The summed E-state index contributed by atoms with van der Waals surface area (Å²) in [5.74, 6) is 0.702. The Morgan fingerprint density at radius 3 is 2.68 bits per heavy atom. The molecule has 0 aliphatic carbocycles. The minimum atomic E-state index is -3.22. The van der Waals surface area contributed by atoms with Crippen LogP contribution in [0.5, 0.6) is 0 Å². The van der Waals surface area contributed by atoms with Crippen LogP contribution in [0, 0.1) is 0 Å². The fraction of sp³-hybridized carbons (Fsp3) is 0.812. The lowest BCUT2D eigenvalue weighted by Gasteiger charge is -2.28. The van der Waals surface area contributed by atoms with Gasteiger partial charge in [0.1, 0.15) is 10.9 Å². The number of sulfone groups is 1. The average molecular weight is 373 g/mol. The molecule has 2 atom stereocenters. The maximum absolute atomic E-state index is 12.1. The Morgan fingerprint density at radius 2 is 2.08 bits per heavy atom. The van der Waals surface area contributed by atoms with Gasteiger partial charge in [-0.25, -0.2) is 13.2 Å². The summed E-state index contributed by atoms with van der Waals surface area (Å²) in [6.07, 6.45) is 1.94. The SMILES string of the molecule is C[C@H](Cc1noc([C@H]2CCCCS2(=O)=O)n1)N(C)C(=O)OC(C)(C)C. The Kier molecular flexibility index (Phi) is 5.75. The molecule has 0 unspecified atom stereocenters. The highest BCUT2D eigenvalue weighted by atomic mass is 32.2. The summed E-state index contributed by atoms with van der Waals surface area (Å²) >= 11 is 0. The van der Waals surface area contributed by atoms with E-state index in [-0.39, 0.29) is 17.7 Å². The van der Waals surface area contributed by atoms with Gasteiger partial charge in [0.05, 0.1) is 5.75 Å². The molecule has 0 bridgehead atoms. The summed E-state index contributed by atoms with van der Waals surface area (Å²) in [7, 11) is -1.58. The fourth-order valence-electron chi connectivity index (χ4n) is 2.63. The van der Waals surface area contributed by atoms with Gasteiger partial charge < -0.3 is 14.2 Å². The van der Waals surface area contributed by atoms with E-state index in [1.54, 1.807) is 27.8 Å². The summed E-state index contributed by atoms with van der Waals surface area (Å²) in [5.41, 5.74) is -0.570. The van der Waals surface area contributed by atoms with Crippen molar-refractivity contribution in [2.24, 2.45) is 0 Å². The lowest BCUT2D eigenvalue weighted by Crippen LogP contribution is -2.40. The van der Waals surface area contributed by atoms with Gasteiger partial charge in [0.25, 0.3) is 0 Å². The van der Waals surface area contributed by atoms with Crippen LogP contribution in [-0.2, 0) is 21.0 Å². The zero-order valence-corrected chi connectivity index (χ0v) is 16.3. The van der Waals surface area contributed by atoms with Crippen LogP contribution < -0.4 is 0 Å². The van der Waals surface area contributed by atoms with E-state index in [2.05, 4.69) is 10.1 Å². The molecule has 25 heavy (non-hydrogen) atoms. The van der Waals surface area contributed by atoms with Crippen molar-refractivity contribution in [1.82, 2.24) is 15.0 Å². The van der Waals surface area contributed by atoms with E-state index in [0.29, 0.717) is 25.1 Å². The van der Waals surface area contributed by atoms with Crippen LogP contribution in [-0.4, -0.2) is 54.0 Å². The van der Waals surface area contributed by atoms with Crippen LogP contribution in [0.3, 0.4) is 0 Å². The van der Waals surface area contributed by atoms with Crippen LogP contribution in [0.15, 0.2) is 4.52 Å². The predicted molar refractivity (Wildman–Crippen MR) is 91.8 cm³/mol. The molecule has 0 radical (unpaired) electrons. The first-order valence-corrected chi connectivity index (χ1v) is 10.2. The Hall–Kier alpha value is -1.64. The number of hydrogen-bond donors (Lipinski definition) is 0. The van der Waals surface area contributed by atoms with Crippen molar-refractivity contribution in [2.75, 3.05) is 12.8 Å². The maximum atomic E-state index is 12.1. The molecule has 2 rings (SSSR count). The second kappa shape index (κ2) is 7.31. The summed E-state index contributed by atoms with van der Waals surface area (Å²) in [5, 5.41) is 3.18. The fourth-order valence-corrected chi connectivity index (χ4v) is 4.45. The highest BCUT2D eigenvalue weighted by Crippen LogP contribution is 2.32. The lowest BCUT2D eigenvalue weighted by atomic mass is 10.2. The monoisotopic (exact) mass is 373 g/mol. The molecule has 142 valence electrons. The second-order valence-corrected chi connectivity index (χ2v) is 9.85. The topological polar surface area (TPSA) is 103 Å². The highest BCUT2D eigenvalue weighted by molar-refractivity contribution is 7.91. The number of carbonyl (C=O) groups is 1. The van der Waals surface area contributed by atoms with Crippen LogP contribution in [0.1, 0.15) is 63.9 Å². The Morgan fingerprint density at radius 1 is 1.40 bits per heavy atom. The van der Waals surface area contributed by atoms with Crippen LogP contribution in [0.25, 0.3) is 0 Å². The molecule has 1 aliphatic heterocycles. The summed E-state index contributed by atoms with van der Waals surface area (Å²) in [4.78, 5) is 17.8. The third-order valence-electron chi connectivity index (χ3n) is 4.16. The van der Waals surface area contributed by atoms with E-state index in [1.165, 1.54) is 4.90 Å². The number of ether oxygens (including phenoxy) is 1. The Labute approximate surface area is 148 Å². The maximum Gasteiger partial charge on any atom is 0.410 e. The summed E-state index contributed by atoms with van der Waals surface area (Å²) < 4.78 is 34.8. The predicted octanol–water partition coefficient (Wildman–Crippen LogP) is 2.51. The quantitative estimate of drug-likeness (QED) is 0.799. The molecule has 0 N–H and O–H groups in total. The third kappa shape index (κ3) is 5.17. The van der Waals surface area contributed by atoms with Crippen LogP contribution in [0.4, 0.5) is 4.79 Å². The minimum Gasteiger partial charge on any atom is -0.444 e. The average Bonchev–Trinajstić information content (AvgIpc) is 2.92. The molecule has 2 heterocycles. The van der Waals surface area contributed by atoms with E-state index in [4.69, 9.17) is 9.26 Å². The highest BCUT2D eigenvalue weighted by Gasteiger charge is 2.35. The van der Waals surface area contributed by atoms with Gasteiger partial charge in [-0.3, -0.25) is 0 Å². The molecule has 1 aliphatic rings. The molecule has 0 spiro atoms. The zero-order valence-electron chi connectivity index (χ0n) is 15.5. The summed E-state index contributed by atoms with van der Waals surface area (Å²) in [6, 6.07) is -0.219. The zero-order chi connectivity index (χ0) is 18.8. The van der Waals surface area contributed by atoms with E-state index in [0.717, 1.165) is 6.42 Å². The largest absolute Gasteiger partial charge is 0.444 e. The number of nitrogens with zero attached hydrogens (tertiary/aromatic N) is 3. The van der Waals surface area contributed by atoms with E-state index in [1.807, 2.05) is 6.92 Å². The Bertz CT molecular complexity index is 708. The van der Waals surface area contributed by atoms with Gasteiger partial charge in [-0.05, 0) is 40.5 Å². The molecular formula is C16H27N3O5S. The number of amides is 1. The van der Waals surface area contributed by atoms with Crippen molar-refractivity contribution >= 4 is 15.9 Å². The van der Waals surface area contributed by atoms with Gasteiger partial charge in [0, 0.05) is 19.5 Å². The van der Waals surface area contributed by atoms with Crippen molar-refractivity contribution in [3.8, 4) is 0 Å². The Balaban J connectivity index is 2.02. The molecule has 0 aromatic carbocycles. The number of hydrogen-bond acceptors (Lipinski definition) is 7. The van der Waals surface area contributed by atoms with Crippen molar-refractivity contribution in [1.29, 1.82) is 0 Å². The number of likely N-dealkylation sites (N-methyl/N-ethyl adjacent to an activating group) is 1. The number of aromatic nitrogens is 2. The smallest absolute Gasteiger partial charge is 0.410 e. The molecular weight excluding hydrogens is 346 g/mol. The van der Waals surface area contributed by atoms with E-state index >= 15 is 0 Å². The molecule has 1 amide bonds. The molecule has 1 saturated heterocycles. The van der Waals surface area contributed by atoms with Gasteiger partial charge in [-0.1, -0.05) is 11.6 Å². The van der Waals surface area contributed by atoms with Crippen molar-refractivity contribution in [3.05, 3.63) is 11.7 Å². The lowest BCUT2D eigenvalue weighted by molar-refractivity contribution is 0.0234. The molecule has 1 fully saturated rings. The molecule has 9 heteroatoms. The normalized spacial score (nSPS) is 21.6. The first-order valence-electron chi connectivity index (χ1n) is 8.49.